The maximum Gasteiger partial charge on any atom is 0.151 e. The highest BCUT2D eigenvalue weighted by molar-refractivity contribution is 5.65. The Bertz CT molecular complexity index is 182. The van der Waals surface area contributed by atoms with Crippen LogP contribution in [0.15, 0.2) is 0 Å². The first kappa shape index (κ1) is 7.25. The molecule has 2 aliphatic heterocycles. The van der Waals surface area contributed by atoms with Gasteiger partial charge in [0.25, 0.3) is 0 Å². The van der Waals surface area contributed by atoms with E-state index in [1.807, 2.05) is 0 Å². The van der Waals surface area contributed by atoms with Gasteiger partial charge >= 0.3 is 0 Å². The summed E-state index contributed by atoms with van der Waals surface area (Å²) < 4.78 is 5.33. The quantitative estimate of drug-likeness (QED) is 0.577. The zero-order chi connectivity index (χ0) is 7.95. The van der Waals surface area contributed by atoms with Crippen LogP contribution in [0.5, 0.6) is 0 Å². The maximum atomic E-state index is 10.6. The summed E-state index contributed by atoms with van der Waals surface area (Å²) in [4.78, 5) is 10.6. The summed E-state index contributed by atoms with van der Waals surface area (Å²) in [6, 6.07) is 0. The SMILES string of the molecule is O=CC12CC(CO)(CCO1)C2. The van der Waals surface area contributed by atoms with E-state index in [9.17, 15) is 4.79 Å². The number of ether oxygens (including phenoxy) is 1. The molecular weight excluding hydrogens is 144 g/mol. The number of carbonyl (C=O) groups is 1. The third-order valence-electron chi connectivity index (χ3n) is 2.92. The average molecular weight is 156 g/mol. The highest BCUT2D eigenvalue weighted by atomic mass is 16.5. The molecule has 3 rings (SSSR count). The fourth-order valence-electron chi connectivity index (χ4n) is 2.28. The lowest BCUT2D eigenvalue weighted by atomic mass is 9.57. The molecule has 1 saturated carbocycles. The van der Waals surface area contributed by atoms with E-state index in [2.05, 4.69) is 0 Å². The Kier molecular flexibility index (Phi) is 1.35. The molecule has 2 bridgehead atoms. The first-order chi connectivity index (χ1) is 5.24. The third-order valence-corrected chi connectivity index (χ3v) is 2.92. The van der Waals surface area contributed by atoms with Crippen LogP contribution in [-0.4, -0.2) is 30.2 Å². The van der Waals surface area contributed by atoms with Crippen molar-refractivity contribution in [2.24, 2.45) is 5.41 Å². The lowest BCUT2D eigenvalue weighted by molar-refractivity contribution is -0.220. The van der Waals surface area contributed by atoms with E-state index in [4.69, 9.17) is 9.84 Å². The monoisotopic (exact) mass is 156 g/mol. The number of rotatable bonds is 2. The zero-order valence-corrected chi connectivity index (χ0v) is 6.38. The summed E-state index contributed by atoms with van der Waals surface area (Å²) in [7, 11) is 0. The number of hydrogen-bond acceptors (Lipinski definition) is 3. The van der Waals surface area contributed by atoms with Gasteiger partial charge < -0.3 is 14.6 Å². The standard InChI is InChI=1S/C8H12O3/c9-5-7-1-2-11-8(3-7,4-7)6-10/h6,9H,1-5H2. The van der Waals surface area contributed by atoms with Gasteiger partial charge in [-0.2, -0.15) is 0 Å². The first-order valence-electron chi connectivity index (χ1n) is 3.95. The summed E-state index contributed by atoms with van der Waals surface area (Å²) in [5, 5.41) is 9.03. The molecule has 0 aromatic rings. The Hall–Kier alpha value is -0.410. The Morgan fingerprint density at radius 3 is 2.82 bits per heavy atom. The molecule has 62 valence electrons. The molecule has 0 unspecified atom stereocenters. The lowest BCUT2D eigenvalue weighted by Gasteiger charge is -2.56. The van der Waals surface area contributed by atoms with Gasteiger partial charge in [0.1, 0.15) is 5.60 Å². The minimum atomic E-state index is -0.513. The predicted octanol–water partition coefficient (Wildman–Crippen LogP) is 0.117. The molecule has 0 aromatic heterocycles. The second kappa shape index (κ2) is 2.05. The van der Waals surface area contributed by atoms with Crippen LogP contribution in [0.1, 0.15) is 19.3 Å². The van der Waals surface area contributed by atoms with Gasteiger partial charge in [-0.25, -0.2) is 0 Å². The normalized spacial score (nSPS) is 48.1. The molecule has 0 spiro atoms. The summed E-state index contributed by atoms with van der Waals surface area (Å²) in [5.74, 6) is 0. The molecule has 0 aromatic carbocycles. The summed E-state index contributed by atoms with van der Waals surface area (Å²) in [6.07, 6.45) is 3.24. The zero-order valence-electron chi connectivity index (χ0n) is 6.38. The Labute approximate surface area is 65.4 Å². The van der Waals surface area contributed by atoms with Gasteiger partial charge in [-0.15, -0.1) is 0 Å². The van der Waals surface area contributed by atoms with Crippen LogP contribution in [0, 0.1) is 5.41 Å². The van der Waals surface area contributed by atoms with Crippen LogP contribution >= 0.6 is 0 Å². The van der Waals surface area contributed by atoms with Crippen molar-refractivity contribution < 1.29 is 14.6 Å². The largest absolute Gasteiger partial charge is 0.396 e. The predicted molar refractivity (Wildman–Crippen MR) is 38.1 cm³/mol. The highest BCUT2D eigenvalue weighted by Gasteiger charge is 2.58. The van der Waals surface area contributed by atoms with E-state index in [1.54, 1.807) is 0 Å². The molecule has 1 N–H and O–H groups in total. The lowest BCUT2D eigenvalue weighted by Crippen LogP contribution is -2.60. The van der Waals surface area contributed by atoms with Gasteiger partial charge in [-0.3, -0.25) is 0 Å². The van der Waals surface area contributed by atoms with Crippen LogP contribution in [0.2, 0.25) is 0 Å². The van der Waals surface area contributed by atoms with Crippen molar-refractivity contribution in [1.29, 1.82) is 0 Å². The molecule has 2 heterocycles. The third kappa shape index (κ3) is 0.844. The van der Waals surface area contributed by atoms with Gasteiger partial charge in [-0.05, 0) is 19.3 Å². The van der Waals surface area contributed by atoms with Crippen LogP contribution < -0.4 is 0 Å². The van der Waals surface area contributed by atoms with Crippen LogP contribution in [0.4, 0.5) is 0 Å². The van der Waals surface area contributed by atoms with E-state index in [-0.39, 0.29) is 12.0 Å². The Morgan fingerprint density at radius 1 is 1.55 bits per heavy atom. The van der Waals surface area contributed by atoms with E-state index in [0.29, 0.717) is 6.61 Å². The number of aliphatic hydroxyl groups excluding tert-OH is 1. The number of hydrogen-bond donors (Lipinski definition) is 1. The molecular formula is C8H12O3. The smallest absolute Gasteiger partial charge is 0.151 e. The van der Waals surface area contributed by atoms with Crippen LogP contribution in [0.3, 0.4) is 0 Å². The summed E-state index contributed by atoms with van der Waals surface area (Å²) in [5.41, 5.74) is -0.486. The minimum Gasteiger partial charge on any atom is -0.396 e. The van der Waals surface area contributed by atoms with Gasteiger partial charge in [0.05, 0.1) is 0 Å². The van der Waals surface area contributed by atoms with Gasteiger partial charge in [-0.1, -0.05) is 0 Å². The fraction of sp³-hybridized carbons (Fsp3) is 0.875. The second-order valence-electron chi connectivity index (χ2n) is 3.79. The molecule has 2 saturated heterocycles. The molecule has 0 amide bonds. The van der Waals surface area contributed by atoms with E-state index in [0.717, 1.165) is 25.5 Å². The fourth-order valence-corrected chi connectivity index (χ4v) is 2.28. The first-order valence-corrected chi connectivity index (χ1v) is 3.95. The molecule has 1 aliphatic carbocycles. The molecule has 11 heavy (non-hydrogen) atoms. The minimum absolute atomic E-state index is 0.0269. The van der Waals surface area contributed by atoms with Crippen molar-refractivity contribution in [2.45, 2.75) is 24.9 Å². The average Bonchev–Trinajstić information content (AvgIpc) is 2.04. The number of aldehydes is 1. The van der Waals surface area contributed by atoms with Crippen molar-refractivity contribution in [3.8, 4) is 0 Å². The van der Waals surface area contributed by atoms with E-state index in [1.165, 1.54) is 0 Å². The van der Waals surface area contributed by atoms with Gasteiger partial charge in [0.15, 0.2) is 6.29 Å². The van der Waals surface area contributed by atoms with E-state index < -0.39 is 5.60 Å². The molecule has 0 radical (unpaired) electrons. The highest BCUT2D eigenvalue weighted by Crippen LogP contribution is 2.55. The number of fused-ring (bicyclic) bond motifs is 2. The van der Waals surface area contributed by atoms with Crippen molar-refractivity contribution in [3.63, 3.8) is 0 Å². The molecule has 3 nitrogen and oxygen atoms in total. The molecule has 3 aliphatic rings. The Morgan fingerprint density at radius 2 is 2.27 bits per heavy atom. The number of carbonyl (C=O) groups excluding carboxylic acids is 1. The van der Waals surface area contributed by atoms with Gasteiger partial charge in [0.2, 0.25) is 0 Å². The molecule has 3 heteroatoms. The van der Waals surface area contributed by atoms with Crippen LogP contribution in [0.25, 0.3) is 0 Å². The van der Waals surface area contributed by atoms with Gasteiger partial charge in [0, 0.05) is 18.6 Å². The van der Waals surface area contributed by atoms with Crippen molar-refractivity contribution in [2.75, 3.05) is 13.2 Å². The summed E-state index contributed by atoms with van der Waals surface area (Å²) >= 11 is 0. The van der Waals surface area contributed by atoms with Crippen molar-refractivity contribution in [3.05, 3.63) is 0 Å². The number of aliphatic hydroxyl groups is 1. The Balaban J connectivity index is 2.11. The topological polar surface area (TPSA) is 46.5 Å². The second-order valence-corrected chi connectivity index (χ2v) is 3.79. The van der Waals surface area contributed by atoms with Crippen molar-refractivity contribution in [1.82, 2.24) is 0 Å². The van der Waals surface area contributed by atoms with Crippen molar-refractivity contribution >= 4 is 6.29 Å². The summed E-state index contributed by atoms with van der Waals surface area (Å²) in [6.45, 7) is 0.825. The molecule has 0 atom stereocenters. The molecule has 3 fully saturated rings. The van der Waals surface area contributed by atoms with E-state index >= 15 is 0 Å². The maximum absolute atomic E-state index is 10.6. The van der Waals surface area contributed by atoms with Crippen LogP contribution in [-0.2, 0) is 9.53 Å².